The van der Waals surface area contributed by atoms with Gasteiger partial charge in [-0.15, -0.1) is 0 Å². The maximum atomic E-state index is 5.69. The van der Waals surface area contributed by atoms with Crippen LogP contribution in [0.25, 0.3) is 0 Å². The molecule has 0 heterocycles. The third-order valence-corrected chi connectivity index (χ3v) is 3.54. The molecule has 2 heteroatoms. The van der Waals surface area contributed by atoms with Crippen molar-refractivity contribution in [3.05, 3.63) is 65.7 Å². The molecule has 2 aromatic rings. The van der Waals surface area contributed by atoms with E-state index in [2.05, 4.69) is 36.2 Å². The molecule has 0 aromatic heterocycles. The first-order valence-electron chi connectivity index (χ1n) is 8.19. The van der Waals surface area contributed by atoms with Crippen LogP contribution in [0.15, 0.2) is 59.6 Å². The Hall–Kier alpha value is -2.09. The van der Waals surface area contributed by atoms with Crippen molar-refractivity contribution < 1.29 is 4.74 Å². The van der Waals surface area contributed by atoms with Crippen LogP contribution in [-0.2, 0) is 11.2 Å². The predicted octanol–water partition coefficient (Wildman–Crippen LogP) is 5.53. The van der Waals surface area contributed by atoms with Crippen molar-refractivity contribution in [2.24, 2.45) is 4.99 Å². The van der Waals surface area contributed by atoms with Gasteiger partial charge in [0.05, 0.1) is 12.3 Å². The highest BCUT2D eigenvalue weighted by molar-refractivity contribution is 5.95. The molecule has 0 aliphatic rings. The Morgan fingerprint density at radius 2 is 1.64 bits per heavy atom. The second-order valence-electron chi connectivity index (χ2n) is 5.34. The number of unbranched alkanes of at least 4 members (excludes halogenated alkanes) is 2. The molecule has 0 aliphatic heterocycles. The third kappa shape index (κ3) is 5.03. The number of hydrogen-bond donors (Lipinski definition) is 0. The van der Waals surface area contributed by atoms with Crippen molar-refractivity contribution in [3.63, 3.8) is 0 Å². The molecule has 2 aromatic carbocycles. The summed E-state index contributed by atoms with van der Waals surface area (Å²) in [4.78, 5) is 4.65. The Balaban J connectivity index is 2.11. The van der Waals surface area contributed by atoms with E-state index in [9.17, 15) is 0 Å². The Morgan fingerprint density at radius 1 is 0.909 bits per heavy atom. The number of nitrogens with zero attached hydrogens (tertiary/aromatic N) is 1. The Bertz CT molecular complexity index is 572. The van der Waals surface area contributed by atoms with Crippen molar-refractivity contribution in [1.29, 1.82) is 0 Å². The average Bonchev–Trinajstić information content (AvgIpc) is 2.57. The first-order chi connectivity index (χ1) is 10.8. The standard InChI is InChI=1S/C20H25NO/c1-3-5-7-10-17-13-15-19(16-14-17)21-20(22-4-2)18-11-8-6-9-12-18/h6,8-9,11-16H,3-5,7,10H2,1-2H3. The summed E-state index contributed by atoms with van der Waals surface area (Å²) in [6, 6.07) is 18.5. The third-order valence-electron chi connectivity index (χ3n) is 3.54. The Morgan fingerprint density at radius 3 is 2.27 bits per heavy atom. The van der Waals surface area contributed by atoms with Crippen molar-refractivity contribution in [2.45, 2.75) is 39.5 Å². The highest BCUT2D eigenvalue weighted by Crippen LogP contribution is 2.17. The number of ether oxygens (including phenoxy) is 1. The molecule has 0 N–H and O–H groups in total. The topological polar surface area (TPSA) is 21.6 Å². The van der Waals surface area contributed by atoms with Crippen LogP contribution in [0.1, 0.15) is 44.2 Å². The first-order valence-corrected chi connectivity index (χ1v) is 8.19. The summed E-state index contributed by atoms with van der Waals surface area (Å²) >= 11 is 0. The monoisotopic (exact) mass is 295 g/mol. The lowest BCUT2D eigenvalue weighted by Crippen LogP contribution is -2.05. The summed E-state index contributed by atoms with van der Waals surface area (Å²) in [6.45, 7) is 4.83. The lowest BCUT2D eigenvalue weighted by atomic mass is 10.1. The molecule has 0 fully saturated rings. The van der Waals surface area contributed by atoms with E-state index < -0.39 is 0 Å². The average molecular weight is 295 g/mol. The van der Waals surface area contributed by atoms with E-state index in [4.69, 9.17) is 4.74 Å². The number of benzene rings is 2. The molecule has 0 amide bonds. The molecule has 2 nitrogen and oxygen atoms in total. The normalized spacial score (nSPS) is 11.5. The highest BCUT2D eigenvalue weighted by Gasteiger charge is 2.04. The molecule has 0 unspecified atom stereocenters. The molecule has 0 atom stereocenters. The van der Waals surface area contributed by atoms with Gasteiger partial charge >= 0.3 is 0 Å². The van der Waals surface area contributed by atoms with Gasteiger partial charge in [0.1, 0.15) is 0 Å². The van der Waals surface area contributed by atoms with E-state index in [1.165, 1.54) is 24.8 Å². The molecule has 0 radical (unpaired) electrons. The number of aliphatic imine (C=N–C) groups is 1. The zero-order valence-corrected chi connectivity index (χ0v) is 13.6. The van der Waals surface area contributed by atoms with Gasteiger partial charge in [0, 0.05) is 5.56 Å². The van der Waals surface area contributed by atoms with Gasteiger partial charge in [-0.25, -0.2) is 4.99 Å². The minimum Gasteiger partial charge on any atom is -0.478 e. The molecule has 0 bridgehead atoms. The Kier molecular flexibility index (Phi) is 6.69. The zero-order valence-electron chi connectivity index (χ0n) is 13.6. The van der Waals surface area contributed by atoms with Gasteiger partial charge in [0.2, 0.25) is 5.90 Å². The van der Waals surface area contributed by atoms with Gasteiger partial charge in [-0.05, 0) is 49.6 Å². The van der Waals surface area contributed by atoms with Crippen LogP contribution < -0.4 is 0 Å². The molecule has 2 rings (SSSR count). The number of hydrogen-bond acceptors (Lipinski definition) is 2. The second-order valence-corrected chi connectivity index (χ2v) is 5.34. The van der Waals surface area contributed by atoms with Gasteiger partial charge in [-0.1, -0.05) is 50.1 Å². The fourth-order valence-corrected chi connectivity index (χ4v) is 2.33. The van der Waals surface area contributed by atoms with E-state index in [1.54, 1.807) is 0 Å². The van der Waals surface area contributed by atoms with Crippen LogP contribution in [0.5, 0.6) is 0 Å². The van der Waals surface area contributed by atoms with Crippen LogP contribution in [0, 0.1) is 0 Å². The molecule has 22 heavy (non-hydrogen) atoms. The van der Waals surface area contributed by atoms with Crippen molar-refractivity contribution in [3.8, 4) is 0 Å². The largest absolute Gasteiger partial charge is 0.478 e. The summed E-state index contributed by atoms with van der Waals surface area (Å²) in [5.74, 6) is 0.682. The molecular weight excluding hydrogens is 270 g/mol. The molecule has 0 aliphatic carbocycles. The summed E-state index contributed by atoms with van der Waals surface area (Å²) in [6.07, 6.45) is 4.96. The zero-order chi connectivity index (χ0) is 15.6. The Labute approximate surface area is 133 Å². The van der Waals surface area contributed by atoms with E-state index in [-0.39, 0.29) is 0 Å². The quantitative estimate of drug-likeness (QED) is 0.373. The van der Waals surface area contributed by atoms with E-state index >= 15 is 0 Å². The van der Waals surface area contributed by atoms with Gasteiger partial charge in [-0.3, -0.25) is 0 Å². The first kappa shape index (κ1) is 16.3. The summed E-state index contributed by atoms with van der Waals surface area (Å²) in [5, 5.41) is 0. The summed E-state index contributed by atoms with van der Waals surface area (Å²) in [7, 11) is 0. The van der Waals surface area contributed by atoms with Gasteiger partial charge in [-0.2, -0.15) is 0 Å². The van der Waals surface area contributed by atoms with Crippen molar-refractivity contribution in [2.75, 3.05) is 6.61 Å². The molecular formula is C20H25NO. The second kappa shape index (κ2) is 9.04. The summed E-state index contributed by atoms with van der Waals surface area (Å²) < 4.78 is 5.69. The smallest absolute Gasteiger partial charge is 0.221 e. The number of aryl methyl sites for hydroxylation is 1. The SMILES string of the molecule is CCCCCc1ccc(N=C(OCC)c2ccccc2)cc1. The lowest BCUT2D eigenvalue weighted by molar-refractivity contribution is 0.329. The summed E-state index contributed by atoms with van der Waals surface area (Å²) in [5.41, 5.74) is 3.33. The molecule has 0 spiro atoms. The van der Waals surface area contributed by atoms with E-state index in [1.807, 2.05) is 37.3 Å². The van der Waals surface area contributed by atoms with Crippen LogP contribution in [0.3, 0.4) is 0 Å². The fourth-order valence-electron chi connectivity index (χ4n) is 2.33. The lowest BCUT2D eigenvalue weighted by Gasteiger charge is -2.08. The van der Waals surface area contributed by atoms with Gasteiger partial charge < -0.3 is 4.74 Å². The maximum absolute atomic E-state index is 5.69. The fraction of sp³-hybridized carbons (Fsp3) is 0.350. The molecule has 0 saturated carbocycles. The van der Waals surface area contributed by atoms with Gasteiger partial charge in [0.25, 0.3) is 0 Å². The van der Waals surface area contributed by atoms with E-state index in [0.717, 1.165) is 17.7 Å². The number of rotatable bonds is 7. The highest BCUT2D eigenvalue weighted by atomic mass is 16.5. The predicted molar refractivity (Wildman–Crippen MR) is 93.9 cm³/mol. The molecule has 0 saturated heterocycles. The molecule has 116 valence electrons. The van der Waals surface area contributed by atoms with Crippen LogP contribution in [0.4, 0.5) is 5.69 Å². The minimum absolute atomic E-state index is 0.614. The van der Waals surface area contributed by atoms with Crippen molar-refractivity contribution >= 4 is 11.6 Å². The van der Waals surface area contributed by atoms with Crippen LogP contribution in [-0.4, -0.2) is 12.5 Å². The van der Waals surface area contributed by atoms with Crippen LogP contribution >= 0.6 is 0 Å². The van der Waals surface area contributed by atoms with Crippen LogP contribution in [0.2, 0.25) is 0 Å². The van der Waals surface area contributed by atoms with Crippen molar-refractivity contribution in [1.82, 2.24) is 0 Å². The van der Waals surface area contributed by atoms with Gasteiger partial charge in [0.15, 0.2) is 0 Å². The maximum Gasteiger partial charge on any atom is 0.221 e. The van der Waals surface area contributed by atoms with E-state index in [0.29, 0.717) is 12.5 Å². The minimum atomic E-state index is 0.614.